The summed E-state index contributed by atoms with van der Waals surface area (Å²) in [5.74, 6) is 0. The van der Waals surface area contributed by atoms with Crippen molar-refractivity contribution in [2.75, 3.05) is 5.01 Å². The van der Waals surface area contributed by atoms with Crippen molar-refractivity contribution in [3.8, 4) is 0 Å². The second kappa shape index (κ2) is 6.47. The Balaban J connectivity index is 2.54. The largest absolute Gasteiger partial charge is 0.492 e. The van der Waals surface area contributed by atoms with E-state index in [4.69, 9.17) is 0 Å². The molecule has 23 heavy (non-hydrogen) atoms. The molecule has 0 spiro atoms. The summed E-state index contributed by atoms with van der Waals surface area (Å²) >= 11 is 0. The number of anilines is 2. The molecule has 2 aromatic rings. The molecule has 2 rings (SSSR count). The molecular weight excluding hydrogens is 324 g/mol. The van der Waals surface area contributed by atoms with Crippen LogP contribution in [0.25, 0.3) is 0 Å². The van der Waals surface area contributed by atoms with Gasteiger partial charge in [0.25, 0.3) is 0 Å². The second-order valence-corrected chi connectivity index (χ2v) is 4.37. The Hall–Kier alpha value is -2.26. The molecule has 124 valence electrons. The number of benzene rings is 2. The van der Waals surface area contributed by atoms with Crippen molar-refractivity contribution in [3.63, 3.8) is 0 Å². The first-order chi connectivity index (χ1) is 10.7. The molecule has 0 amide bonds. The fourth-order valence-electron chi connectivity index (χ4n) is 1.87. The third kappa shape index (κ3) is 4.60. The van der Waals surface area contributed by atoms with E-state index in [0.29, 0.717) is 10.4 Å². The lowest BCUT2D eigenvalue weighted by atomic mass is 10.2. The van der Waals surface area contributed by atoms with Gasteiger partial charge >= 0.3 is 12.6 Å². The highest BCUT2D eigenvalue weighted by atomic mass is 19.4. The normalized spacial score (nSPS) is 12.5. The number of nitrogens with zero attached hydrogens (tertiary/aromatic N) is 2. The molecule has 2 aromatic carbocycles. The van der Waals surface area contributed by atoms with Crippen LogP contribution in [0, 0.1) is 0 Å². The smallest absolute Gasteiger partial charge is 0.253 e. The van der Waals surface area contributed by atoms with E-state index < -0.39 is 17.7 Å². The number of hydrogen-bond acceptors (Lipinski definition) is 3. The molecule has 0 atom stereocenters. The molecule has 0 radical (unpaired) electrons. The van der Waals surface area contributed by atoms with Crippen LogP contribution in [0.5, 0.6) is 0 Å². The molecule has 0 bridgehead atoms. The molecule has 0 aliphatic rings. The zero-order chi connectivity index (χ0) is 17.1. The molecule has 0 saturated heterocycles. The summed E-state index contributed by atoms with van der Waals surface area (Å²) in [6.07, 6.45) is -10.6. The molecule has 0 aliphatic carbocycles. The average Bonchev–Trinajstić information content (AvgIpc) is 2.47. The number of para-hydroxylation sites is 2. The fourth-order valence-corrected chi connectivity index (χ4v) is 1.87. The fraction of sp³-hybridized carbons (Fsp3) is 0.143. The van der Waals surface area contributed by atoms with E-state index in [0.717, 1.165) is 0 Å². The number of alkyl halides is 6. The van der Waals surface area contributed by atoms with Crippen molar-refractivity contribution in [1.82, 2.24) is 10.5 Å². The monoisotopic (exact) mass is 335 g/mol. The van der Waals surface area contributed by atoms with Gasteiger partial charge in [-0.15, -0.1) is 5.43 Å². The van der Waals surface area contributed by atoms with Crippen LogP contribution in [0.2, 0.25) is 0 Å². The predicted octanol–water partition coefficient (Wildman–Crippen LogP) is 4.59. The SMILES string of the molecule is FC(F)(F)NN(N(c1ccccc1)c1ccccc1)C(F)(F)F. The van der Waals surface area contributed by atoms with E-state index in [-0.39, 0.29) is 11.4 Å². The van der Waals surface area contributed by atoms with Crippen LogP contribution in [0.3, 0.4) is 0 Å². The van der Waals surface area contributed by atoms with E-state index in [1.165, 1.54) is 48.5 Å². The van der Waals surface area contributed by atoms with E-state index >= 15 is 0 Å². The van der Waals surface area contributed by atoms with Crippen LogP contribution in [0.1, 0.15) is 0 Å². The molecule has 0 unspecified atom stereocenters. The Morgan fingerprint density at radius 3 is 1.35 bits per heavy atom. The van der Waals surface area contributed by atoms with Crippen molar-refractivity contribution >= 4 is 11.4 Å². The maximum Gasteiger partial charge on any atom is 0.492 e. The van der Waals surface area contributed by atoms with Gasteiger partial charge in [-0.1, -0.05) is 36.4 Å². The number of nitrogens with one attached hydrogen (secondary N) is 1. The van der Waals surface area contributed by atoms with Gasteiger partial charge in [-0.2, -0.15) is 26.3 Å². The van der Waals surface area contributed by atoms with Gasteiger partial charge in [-0.05, 0) is 29.4 Å². The Labute approximate surface area is 127 Å². The topological polar surface area (TPSA) is 18.5 Å². The lowest BCUT2D eigenvalue weighted by Gasteiger charge is -2.37. The summed E-state index contributed by atoms with van der Waals surface area (Å²) in [5, 5.41) is -0.509. The molecule has 0 fully saturated rings. The first-order valence-corrected chi connectivity index (χ1v) is 6.30. The van der Waals surface area contributed by atoms with Gasteiger partial charge in [0.2, 0.25) is 0 Å². The van der Waals surface area contributed by atoms with Crippen molar-refractivity contribution < 1.29 is 26.3 Å². The number of hydrogen-bond donors (Lipinski definition) is 1. The van der Waals surface area contributed by atoms with E-state index in [9.17, 15) is 26.3 Å². The van der Waals surface area contributed by atoms with Crippen LogP contribution in [-0.4, -0.2) is 17.7 Å². The summed E-state index contributed by atoms with van der Waals surface area (Å²) in [5.41, 5.74) is 0.347. The molecule has 3 nitrogen and oxygen atoms in total. The highest BCUT2D eigenvalue weighted by Gasteiger charge is 2.48. The first kappa shape index (κ1) is 17.1. The van der Waals surface area contributed by atoms with Gasteiger partial charge in [0.1, 0.15) is 0 Å². The van der Waals surface area contributed by atoms with Gasteiger partial charge in [0.15, 0.2) is 0 Å². The van der Waals surface area contributed by atoms with Gasteiger partial charge in [0, 0.05) is 0 Å². The molecule has 9 heteroatoms. The summed E-state index contributed by atoms with van der Waals surface area (Å²) in [6.45, 7) is 0. The number of halogens is 6. The summed E-state index contributed by atoms with van der Waals surface area (Å²) < 4.78 is 77.2. The summed E-state index contributed by atoms with van der Waals surface area (Å²) in [6, 6.07) is 13.9. The third-order valence-corrected chi connectivity index (χ3v) is 2.67. The second-order valence-electron chi connectivity index (χ2n) is 4.37. The summed E-state index contributed by atoms with van der Waals surface area (Å²) in [4.78, 5) is 0. The highest BCUT2D eigenvalue weighted by molar-refractivity contribution is 5.61. The zero-order valence-electron chi connectivity index (χ0n) is 11.4. The van der Waals surface area contributed by atoms with Crippen molar-refractivity contribution in [2.24, 2.45) is 0 Å². The van der Waals surface area contributed by atoms with Crippen LogP contribution in [-0.2, 0) is 0 Å². The minimum Gasteiger partial charge on any atom is -0.253 e. The molecule has 0 heterocycles. The lowest BCUT2D eigenvalue weighted by molar-refractivity contribution is -0.313. The molecular formula is C14H11F6N3. The van der Waals surface area contributed by atoms with Crippen molar-refractivity contribution in [3.05, 3.63) is 60.7 Å². The van der Waals surface area contributed by atoms with E-state index in [1.54, 1.807) is 12.1 Å². The van der Waals surface area contributed by atoms with Gasteiger partial charge in [0.05, 0.1) is 11.4 Å². The first-order valence-electron chi connectivity index (χ1n) is 6.30. The average molecular weight is 335 g/mol. The lowest BCUT2D eigenvalue weighted by Crippen LogP contribution is -2.60. The van der Waals surface area contributed by atoms with Crippen LogP contribution >= 0.6 is 0 Å². The van der Waals surface area contributed by atoms with Crippen LogP contribution < -0.4 is 10.4 Å². The third-order valence-electron chi connectivity index (χ3n) is 2.67. The van der Waals surface area contributed by atoms with E-state index in [1.807, 2.05) is 0 Å². The van der Waals surface area contributed by atoms with Crippen LogP contribution in [0.4, 0.5) is 37.7 Å². The molecule has 0 aliphatic heterocycles. The molecule has 0 aromatic heterocycles. The Morgan fingerprint density at radius 1 is 0.652 bits per heavy atom. The Bertz CT molecular complexity index is 572. The number of rotatable bonds is 4. The van der Waals surface area contributed by atoms with E-state index in [2.05, 4.69) is 0 Å². The Morgan fingerprint density at radius 2 is 1.04 bits per heavy atom. The standard InChI is InChI=1S/C14H11F6N3/c15-13(16,17)21-23(14(18,19)20)22(11-7-3-1-4-8-11)12-9-5-2-6-10-12/h1-10,21H. The zero-order valence-corrected chi connectivity index (χ0v) is 11.4. The maximum absolute atomic E-state index is 13.2. The quantitative estimate of drug-likeness (QED) is 0.501. The summed E-state index contributed by atoms with van der Waals surface area (Å²) in [7, 11) is 0. The van der Waals surface area contributed by atoms with Crippen LogP contribution in [0.15, 0.2) is 60.7 Å². The van der Waals surface area contributed by atoms with Gasteiger partial charge in [-0.3, -0.25) is 5.01 Å². The molecule has 0 saturated carbocycles. The minimum absolute atomic E-state index is 0.0900. The Kier molecular flexibility index (Phi) is 4.81. The van der Waals surface area contributed by atoms with Gasteiger partial charge in [-0.25, -0.2) is 0 Å². The predicted molar refractivity (Wildman–Crippen MR) is 72.1 cm³/mol. The highest BCUT2D eigenvalue weighted by Crippen LogP contribution is 2.33. The minimum atomic E-state index is -5.32. The van der Waals surface area contributed by atoms with Gasteiger partial charge < -0.3 is 0 Å². The molecule has 1 N–H and O–H groups in total. The number of hydrazine groups is 2. The van der Waals surface area contributed by atoms with Crippen molar-refractivity contribution in [2.45, 2.75) is 12.6 Å². The maximum atomic E-state index is 13.2. The van der Waals surface area contributed by atoms with Crippen molar-refractivity contribution in [1.29, 1.82) is 0 Å².